The van der Waals surface area contributed by atoms with Gasteiger partial charge in [-0.2, -0.15) is 0 Å². The maximum atomic E-state index is 11.3. The van der Waals surface area contributed by atoms with Crippen LogP contribution >= 0.6 is 0 Å². The Kier molecular flexibility index (Phi) is 3.28. The molecule has 0 spiro atoms. The van der Waals surface area contributed by atoms with Crippen molar-refractivity contribution >= 4 is 11.9 Å². The molecular weight excluding hydrogens is 248 g/mol. The smallest absolute Gasteiger partial charge is 0.337 e. The average molecular weight is 260 g/mol. The molecule has 0 aliphatic rings. The number of nitrogens with two attached hydrogens (primary N) is 1. The molecule has 0 saturated heterocycles. The highest BCUT2D eigenvalue weighted by Gasteiger charge is 2.14. The van der Waals surface area contributed by atoms with Crippen LogP contribution in [0.1, 0.15) is 26.5 Å². The number of nitrogens with zero attached hydrogens (tertiary/aromatic N) is 3. The van der Waals surface area contributed by atoms with Crippen molar-refractivity contribution in [3.63, 3.8) is 0 Å². The lowest BCUT2D eigenvalue weighted by Crippen LogP contribution is -2.13. The van der Waals surface area contributed by atoms with E-state index in [2.05, 4.69) is 15.0 Å². The number of carbonyl (C=O) groups is 2. The Hall–Kier alpha value is -2.70. The molecule has 0 atom stereocenters. The fourth-order valence-electron chi connectivity index (χ4n) is 1.66. The average Bonchev–Trinajstić information content (AvgIpc) is 2.80. The lowest BCUT2D eigenvalue weighted by atomic mass is 10.2. The van der Waals surface area contributed by atoms with Gasteiger partial charge in [-0.05, 0) is 31.2 Å². The second-order valence-electron chi connectivity index (χ2n) is 3.84. The third-order valence-electron chi connectivity index (χ3n) is 2.66. The Labute approximate surface area is 109 Å². The largest absolute Gasteiger partial charge is 0.465 e. The highest BCUT2D eigenvalue weighted by molar-refractivity contribution is 5.92. The van der Waals surface area contributed by atoms with Crippen molar-refractivity contribution in [1.29, 1.82) is 0 Å². The topological polar surface area (TPSA) is 100 Å². The van der Waals surface area contributed by atoms with Gasteiger partial charge in [-0.3, -0.25) is 4.79 Å². The number of methoxy groups -OCH3 is 1. The van der Waals surface area contributed by atoms with Crippen LogP contribution in [-0.2, 0) is 4.74 Å². The molecule has 0 aliphatic heterocycles. The number of hydrogen-bond acceptors (Lipinski definition) is 5. The van der Waals surface area contributed by atoms with Crippen LogP contribution in [0.2, 0.25) is 0 Å². The molecule has 0 aliphatic carbocycles. The molecule has 0 saturated carbocycles. The summed E-state index contributed by atoms with van der Waals surface area (Å²) in [6.45, 7) is 1.69. The molecule has 1 amide bonds. The van der Waals surface area contributed by atoms with E-state index in [4.69, 9.17) is 5.73 Å². The third-order valence-corrected chi connectivity index (χ3v) is 2.66. The third kappa shape index (κ3) is 2.30. The van der Waals surface area contributed by atoms with Crippen LogP contribution in [-0.4, -0.2) is 34.0 Å². The molecule has 2 aromatic rings. The summed E-state index contributed by atoms with van der Waals surface area (Å²) in [6.07, 6.45) is 0. The number of aromatic nitrogens is 3. The molecule has 98 valence electrons. The van der Waals surface area contributed by atoms with E-state index in [1.54, 1.807) is 31.2 Å². The maximum Gasteiger partial charge on any atom is 0.337 e. The van der Waals surface area contributed by atoms with Gasteiger partial charge in [0.1, 0.15) is 0 Å². The number of esters is 1. The molecule has 0 fully saturated rings. The van der Waals surface area contributed by atoms with E-state index in [9.17, 15) is 9.59 Å². The predicted molar refractivity (Wildman–Crippen MR) is 66.0 cm³/mol. The normalized spacial score (nSPS) is 10.2. The van der Waals surface area contributed by atoms with Crippen LogP contribution in [0.5, 0.6) is 0 Å². The van der Waals surface area contributed by atoms with Crippen LogP contribution < -0.4 is 5.73 Å². The van der Waals surface area contributed by atoms with E-state index >= 15 is 0 Å². The highest BCUT2D eigenvalue weighted by atomic mass is 16.5. The fourth-order valence-corrected chi connectivity index (χ4v) is 1.66. The molecule has 2 rings (SSSR count). The standard InChI is InChI=1S/C12H12N4O3/c1-7-10(11(13)17)14-15-16(7)9-5-3-8(4-6-9)12(18)19-2/h3-6H,1-2H3,(H2,13,17). The Balaban J connectivity index is 2.38. The van der Waals surface area contributed by atoms with Crippen LogP contribution in [0.4, 0.5) is 0 Å². The predicted octanol–water partition coefficient (Wildman–Crippen LogP) is 0.461. The van der Waals surface area contributed by atoms with Crippen molar-refractivity contribution in [1.82, 2.24) is 15.0 Å². The summed E-state index contributed by atoms with van der Waals surface area (Å²) in [7, 11) is 1.32. The Morgan fingerprint density at radius 2 is 1.89 bits per heavy atom. The number of rotatable bonds is 3. The number of carbonyl (C=O) groups excluding carboxylic acids is 2. The molecule has 1 aromatic carbocycles. The van der Waals surface area contributed by atoms with Gasteiger partial charge < -0.3 is 10.5 Å². The molecule has 1 aromatic heterocycles. The second kappa shape index (κ2) is 4.89. The van der Waals surface area contributed by atoms with Crippen LogP contribution in [0.25, 0.3) is 5.69 Å². The first-order valence-corrected chi connectivity index (χ1v) is 5.45. The number of hydrogen-bond donors (Lipinski definition) is 1. The van der Waals surface area contributed by atoms with Crippen LogP contribution in [0.3, 0.4) is 0 Å². The quantitative estimate of drug-likeness (QED) is 0.808. The van der Waals surface area contributed by atoms with Gasteiger partial charge in [-0.15, -0.1) is 5.10 Å². The first-order chi connectivity index (χ1) is 9.04. The lowest BCUT2D eigenvalue weighted by molar-refractivity contribution is 0.0600. The first kappa shape index (κ1) is 12.7. The van der Waals surface area contributed by atoms with Crippen LogP contribution in [0, 0.1) is 6.92 Å². The van der Waals surface area contributed by atoms with Gasteiger partial charge in [-0.1, -0.05) is 5.21 Å². The number of benzene rings is 1. The molecule has 1 heterocycles. The summed E-state index contributed by atoms with van der Waals surface area (Å²) >= 11 is 0. The van der Waals surface area contributed by atoms with Gasteiger partial charge >= 0.3 is 5.97 Å². The molecule has 7 heteroatoms. The number of amides is 1. The van der Waals surface area contributed by atoms with Gasteiger partial charge in [0.25, 0.3) is 5.91 Å². The summed E-state index contributed by atoms with van der Waals surface area (Å²) in [5.74, 6) is -1.05. The van der Waals surface area contributed by atoms with Gasteiger partial charge in [0.2, 0.25) is 0 Å². The van der Waals surface area contributed by atoms with Crippen molar-refractivity contribution in [2.24, 2.45) is 5.73 Å². The Morgan fingerprint density at radius 1 is 1.26 bits per heavy atom. The minimum atomic E-state index is -0.630. The van der Waals surface area contributed by atoms with Gasteiger partial charge in [-0.25, -0.2) is 9.48 Å². The maximum absolute atomic E-state index is 11.3. The molecule has 2 N–H and O–H groups in total. The minimum absolute atomic E-state index is 0.122. The number of primary amides is 1. The first-order valence-electron chi connectivity index (χ1n) is 5.45. The molecule has 0 radical (unpaired) electrons. The Bertz CT molecular complexity index is 631. The zero-order valence-electron chi connectivity index (χ0n) is 10.5. The summed E-state index contributed by atoms with van der Waals surface area (Å²) < 4.78 is 6.08. The van der Waals surface area contributed by atoms with E-state index in [0.29, 0.717) is 16.9 Å². The van der Waals surface area contributed by atoms with Crippen molar-refractivity contribution in [3.05, 3.63) is 41.2 Å². The summed E-state index contributed by atoms with van der Waals surface area (Å²) in [5.41, 5.74) is 6.94. The highest BCUT2D eigenvalue weighted by Crippen LogP contribution is 2.13. The minimum Gasteiger partial charge on any atom is -0.465 e. The van der Waals surface area contributed by atoms with Crippen molar-refractivity contribution < 1.29 is 14.3 Å². The second-order valence-corrected chi connectivity index (χ2v) is 3.84. The van der Waals surface area contributed by atoms with Crippen molar-refractivity contribution in [3.8, 4) is 5.69 Å². The number of ether oxygens (including phenoxy) is 1. The van der Waals surface area contributed by atoms with E-state index in [1.165, 1.54) is 11.8 Å². The van der Waals surface area contributed by atoms with Crippen molar-refractivity contribution in [2.75, 3.05) is 7.11 Å². The monoisotopic (exact) mass is 260 g/mol. The van der Waals surface area contributed by atoms with Gasteiger partial charge in [0, 0.05) is 0 Å². The van der Waals surface area contributed by atoms with E-state index in [1.807, 2.05) is 0 Å². The zero-order valence-corrected chi connectivity index (χ0v) is 10.5. The van der Waals surface area contributed by atoms with Crippen molar-refractivity contribution in [2.45, 2.75) is 6.92 Å². The summed E-state index contributed by atoms with van der Waals surface area (Å²) in [5, 5.41) is 7.56. The SMILES string of the molecule is COC(=O)c1ccc(-n2nnc(C(N)=O)c2C)cc1. The lowest BCUT2D eigenvalue weighted by Gasteiger charge is -2.04. The summed E-state index contributed by atoms with van der Waals surface area (Å²) in [6, 6.07) is 6.57. The van der Waals surface area contributed by atoms with E-state index < -0.39 is 11.9 Å². The zero-order chi connectivity index (χ0) is 14.0. The molecule has 19 heavy (non-hydrogen) atoms. The summed E-state index contributed by atoms with van der Waals surface area (Å²) in [4.78, 5) is 22.4. The molecule has 0 unspecified atom stereocenters. The molecule has 0 bridgehead atoms. The van der Waals surface area contributed by atoms with Gasteiger partial charge in [0.05, 0.1) is 24.1 Å². The fraction of sp³-hybridized carbons (Fsp3) is 0.167. The van der Waals surface area contributed by atoms with Gasteiger partial charge in [0.15, 0.2) is 5.69 Å². The van der Waals surface area contributed by atoms with Crippen LogP contribution in [0.15, 0.2) is 24.3 Å². The Morgan fingerprint density at radius 3 is 2.37 bits per heavy atom. The van der Waals surface area contributed by atoms with E-state index in [-0.39, 0.29) is 5.69 Å². The van der Waals surface area contributed by atoms with E-state index in [0.717, 1.165) is 0 Å². The molecule has 7 nitrogen and oxygen atoms in total. The molecular formula is C12H12N4O3.